The molecule has 0 amide bonds. The van der Waals surface area contributed by atoms with Crippen molar-refractivity contribution in [2.24, 2.45) is 0 Å². The number of hydrogen-bond acceptors (Lipinski definition) is 9. The fourth-order valence-electron chi connectivity index (χ4n) is 3.66. The van der Waals surface area contributed by atoms with E-state index in [1.165, 1.54) is 6.33 Å². The van der Waals surface area contributed by atoms with Gasteiger partial charge >= 0.3 is 7.60 Å². The van der Waals surface area contributed by atoms with E-state index < -0.39 is 21.7 Å². The molecule has 170 valence electrons. The van der Waals surface area contributed by atoms with E-state index in [1.807, 2.05) is 42.0 Å². The molecule has 2 aromatic heterocycles. The number of nitrogens with two attached hydrogens (primary N) is 1. The van der Waals surface area contributed by atoms with Crippen molar-refractivity contribution in [2.75, 3.05) is 18.9 Å². The molecule has 4 unspecified atom stereocenters. The standard InChI is InChI=1S/C19H22N4O7P2/c1-12-2-4-13(5-3-12)16-7-23(19-17(16)18(20)21-10-22-19)14-6-15(28-8-14)9-29-30-32(26,27)11-31(24)25/h2-5,7,10-11,14-15H,6,8-9H2,1H3,(H,24,25)(H,26,27)(H2,20,21,22). The van der Waals surface area contributed by atoms with Crippen LogP contribution in [-0.2, 0) is 18.9 Å². The van der Waals surface area contributed by atoms with Gasteiger partial charge in [0.1, 0.15) is 24.4 Å². The van der Waals surface area contributed by atoms with E-state index in [9.17, 15) is 14.4 Å². The second-order valence-corrected chi connectivity index (χ2v) is 10.3. The average Bonchev–Trinajstić information content (AvgIpc) is 3.33. The summed E-state index contributed by atoms with van der Waals surface area (Å²) in [5.41, 5.74) is 10.2. The number of aromatic nitrogens is 3. The molecule has 0 radical (unpaired) electrons. The summed E-state index contributed by atoms with van der Waals surface area (Å²) in [6.45, 7) is 2.25. The highest BCUT2D eigenvalue weighted by molar-refractivity contribution is 7.80. The van der Waals surface area contributed by atoms with Crippen molar-refractivity contribution in [1.82, 2.24) is 14.5 Å². The van der Waals surface area contributed by atoms with Crippen LogP contribution in [0.1, 0.15) is 18.0 Å². The lowest BCUT2D eigenvalue weighted by Crippen LogP contribution is -2.15. The van der Waals surface area contributed by atoms with Gasteiger partial charge in [0.15, 0.2) is 0 Å². The number of aryl methyl sites for hydroxylation is 1. The Morgan fingerprint density at radius 3 is 2.88 bits per heavy atom. The van der Waals surface area contributed by atoms with Crippen LogP contribution in [-0.4, -0.2) is 49.2 Å². The van der Waals surface area contributed by atoms with E-state index in [1.54, 1.807) is 0 Å². The average molecular weight is 480 g/mol. The zero-order valence-electron chi connectivity index (χ0n) is 17.1. The summed E-state index contributed by atoms with van der Waals surface area (Å²) in [5, 5.41) is 0.759. The fourth-order valence-corrected chi connectivity index (χ4v) is 5.03. The Bertz CT molecular complexity index is 1190. The monoisotopic (exact) mass is 480 g/mol. The lowest BCUT2D eigenvalue weighted by atomic mass is 10.0. The molecular weight excluding hydrogens is 458 g/mol. The summed E-state index contributed by atoms with van der Waals surface area (Å²) in [7, 11) is -7.37. The van der Waals surface area contributed by atoms with Crippen LogP contribution in [0.25, 0.3) is 22.2 Å². The minimum Gasteiger partial charge on any atom is -0.603 e. The molecule has 3 heterocycles. The van der Waals surface area contributed by atoms with Crippen LogP contribution in [0.5, 0.6) is 0 Å². The predicted molar refractivity (Wildman–Crippen MR) is 118 cm³/mol. The smallest absolute Gasteiger partial charge is 0.422 e. The van der Waals surface area contributed by atoms with E-state index in [4.69, 9.17) is 20.3 Å². The molecule has 4 atom stereocenters. The van der Waals surface area contributed by atoms with Gasteiger partial charge in [-0.15, -0.1) is 4.67 Å². The van der Waals surface area contributed by atoms with Crippen LogP contribution >= 0.6 is 15.6 Å². The maximum absolute atomic E-state index is 11.6. The number of fused-ring (bicyclic) bond motifs is 1. The van der Waals surface area contributed by atoms with Crippen molar-refractivity contribution in [3.63, 3.8) is 0 Å². The highest BCUT2D eigenvalue weighted by atomic mass is 31.2. The predicted octanol–water partition coefficient (Wildman–Crippen LogP) is 1.88. The normalized spacial score (nSPS) is 21.2. The molecule has 0 aliphatic carbocycles. The lowest BCUT2D eigenvalue weighted by Gasteiger charge is -2.12. The molecule has 1 fully saturated rings. The Kier molecular flexibility index (Phi) is 6.71. The third-order valence-electron chi connectivity index (χ3n) is 5.11. The number of hydrogen-bond donors (Lipinski definition) is 3. The summed E-state index contributed by atoms with van der Waals surface area (Å²) in [4.78, 5) is 42.1. The largest absolute Gasteiger partial charge is 0.603 e. The van der Waals surface area contributed by atoms with Gasteiger partial charge in [-0.2, -0.15) is 4.89 Å². The van der Waals surface area contributed by atoms with Crippen molar-refractivity contribution in [3.8, 4) is 11.1 Å². The summed E-state index contributed by atoms with van der Waals surface area (Å²) in [5.74, 6) is 0.383. The second kappa shape index (κ2) is 9.35. The third-order valence-corrected chi connectivity index (χ3v) is 7.39. The number of ether oxygens (including phenoxy) is 1. The molecule has 1 aromatic carbocycles. The summed E-state index contributed by atoms with van der Waals surface area (Å²) in [6.07, 6.45) is 3.50. The molecule has 4 rings (SSSR count). The van der Waals surface area contributed by atoms with E-state index in [2.05, 4.69) is 14.6 Å². The molecule has 3 aromatic rings. The summed E-state index contributed by atoms with van der Waals surface area (Å²) >= 11 is 0. The molecule has 32 heavy (non-hydrogen) atoms. The van der Waals surface area contributed by atoms with Crippen LogP contribution in [0.15, 0.2) is 36.8 Å². The van der Waals surface area contributed by atoms with Crippen LogP contribution in [0, 0.1) is 6.92 Å². The van der Waals surface area contributed by atoms with Crippen LogP contribution < -0.4 is 10.6 Å². The fraction of sp³-hybridized carbons (Fsp3) is 0.316. The first-order valence-electron chi connectivity index (χ1n) is 9.68. The zero-order valence-corrected chi connectivity index (χ0v) is 18.9. The summed E-state index contributed by atoms with van der Waals surface area (Å²) in [6, 6.07) is 8.00. The Morgan fingerprint density at radius 1 is 1.41 bits per heavy atom. The zero-order chi connectivity index (χ0) is 22.9. The van der Waals surface area contributed by atoms with Gasteiger partial charge in [-0.3, -0.25) is 0 Å². The Morgan fingerprint density at radius 2 is 2.16 bits per heavy atom. The van der Waals surface area contributed by atoms with E-state index in [0.717, 1.165) is 22.1 Å². The molecule has 11 nitrogen and oxygen atoms in total. The number of nitrogens with zero attached hydrogens (tertiary/aromatic N) is 3. The molecule has 1 aliphatic heterocycles. The molecule has 1 aliphatic rings. The molecule has 4 N–H and O–H groups in total. The minimum atomic E-state index is -4.42. The number of benzene rings is 1. The van der Waals surface area contributed by atoms with E-state index >= 15 is 0 Å². The maximum Gasteiger partial charge on any atom is 0.422 e. The first-order valence-corrected chi connectivity index (χ1v) is 12.6. The Labute approximate surface area is 184 Å². The van der Waals surface area contributed by atoms with Gasteiger partial charge in [0.05, 0.1) is 24.1 Å². The van der Waals surface area contributed by atoms with Crippen molar-refractivity contribution >= 4 is 38.0 Å². The van der Waals surface area contributed by atoms with Crippen molar-refractivity contribution in [2.45, 2.75) is 25.5 Å². The first-order chi connectivity index (χ1) is 15.2. The lowest BCUT2D eigenvalue weighted by molar-refractivity contribution is -0.227. The van der Waals surface area contributed by atoms with E-state index in [0.29, 0.717) is 30.0 Å². The van der Waals surface area contributed by atoms with Crippen molar-refractivity contribution < 1.29 is 33.5 Å². The molecule has 1 saturated heterocycles. The Balaban J connectivity index is 1.52. The third kappa shape index (κ3) is 5.06. The maximum atomic E-state index is 11.6. The van der Waals surface area contributed by atoms with Gasteiger partial charge in [0.25, 0.3) is 0 Å². The molecule has 0 spiro atoms. The molecule has 13 heteroatoms. The van der Waals surface area contributed by atoms with Gasteiger partial charge in [-0.05, 0) is 18.9 Å². The van der Waals surface area contributed by atoms with Crippen LogP contribution in [0.2, 0.25) is 0 Å². The topological polar surface area (TPSA) is 165 Å². The number of anilines is 1. The van der Waals surface area contributed by atoms with Gasteiger partial charge in [0, 0.05) is 11.8 Å². The van der Waals surface area contributed by atoms with Crippen molar-refractivity contribution in [1.29, 1.82) is 0 Å². The SMILES string of the molecule is Cc1ccc(-c2cn(C3COC(COOP(=O)(O)/C=[P+](/[O-])O)C3)c3ncnc(N)c23)cc1. The van der Waals surface area contributed by atoms with Crippen LogP contribution in [0.4, 0.5) is 5.82 Å². The van der Waals surface area contributed by atoms with Crippen molar-refractivity contribution in [3.05, 3.63) is 42.4 Å². The second-order valence-electron chi connectivity index (χ2n) is 7.46. The number of nitrogen functional groups attached to an aromatic ring is 1. The van der Waals surface area contributed by atoms with Gasteiger partial charge in [0.2, 0.25) is 13.5 Å². The molecular formula is C19H22N4O7P2. The minimum absolute atomic E-state index is 0.0842. The summed E-state index contributed by atoms with van der Waals surface area (Å²) < 4.78 is 23.7. The van der Waals surface area contributed by atoms with Gasteiger partial charge < -0.3 is 24.8 Å². The van der Waals surface area contributed by atoms with Gasteiger partial charge in [-0.25, -0.2) is 19.4 Å². The number of rotatable bonds is 7. The van der Waals surface area contributed by atoms with E-state index in [-0.39, 0.29) is 12.6 Å². The molecule has 0 bridgehead atoms. The highest BCUT2D eigenvalue weighted by Gasteiger charge is 2.31. The Hall–Kier alpha value is -2.20. The quantitative estimate of drug-likeness (QED) is 0.258. The highest BCUT2D eigenvalue weighted by Crippen LogP contribution is 2.42. The first kappa shape index (κ1) is 23.0. The van der Waals surface area contributed by atoms with Gasteiger partial charge in [-0.1, -0.05) is 29.8 Å². The molecule has 0 saturated carbocycles. The van der Waals surface area contributed by atoms with Crippen LogP contribution in [0.3, 0.4) is 0 Å².